The Bertz CT molecular complexity index is 283. The first-order valence-corrected chi connectivity index (χ1v) is 9.60. The topological polar surface area (TPSA) is 15.3 Å². The monoisotopic (exact) mass is 294 g/mol. The molecule has 1 N–H and O–H groups in total. The van der Waals surface area contributed by atoms with Gasteiger partial charge in [-0.3, -0.25) is 4.90 Å². The van der Waals surface area contributed by atoms with Gasteiger partial charge in [-0.2, -0.15) is 0 Å². The number of nitrogens with zero attached hydrogens (tertiary/aromatic N) is 1. The predicted octanol–water partition coefficient (Wildman–Crippen LogP) is 4.44. The van der Waals surface area contributed by atoms with E-state index in [2.05, 4.69) is 38.0 Å². The summed E-state index contributed by atoms with van der Waals surface area (Å²) in [4.78, 5) is 2.78. The van der Waals surface area contributed by atoms with Gasteiger partial charge in [-0.15, -0.1) is 0 Å². The standard InChI is InChI=1S/C19H38N2/c1-5-13-20-18-12-9-16(6-2)14-19(18)21(4)17-10-7-15(3)8-11-17/h15-20H,5-14H2,1-4H3. The van der Waals surface area contributed by atoms with Gasteiger partial charge in [0.05, 0.1) is 0 Å². The summed E-state index contributed by atoms with van der Waals surface area (Å²) in [6.07, 6.45) is 12.6. The molecule has 2 aliphatic rings. The average molecular weight is 295 g/mol. The van der Waals surface area contributed by atoms with Crippen LogP contribution in [0.5, 0.6) is 0 Å². The van der Waals surface area contributed by atoms with Gasteiger partial charge in [0.25, 0.3) is 0 Å². The van der Waals surface area contributed by atoms with E-state index in [1.165, 1.54) is 64.3 Å². The van der Waals surface area contributed by atoms with E-state index in [0.717, 1.165) is 30.0 Å². The molecule has 2 nitrogen and oxygen atoms in total. The molecule has 0 aromatic heterocycles. The third-order valence-electron chi connectivity index (χ3n) is 6.24. The molecule has 0 aliphatic heterocycles. The molecule has 2 fully saturated rings. The Morgan fingerprint density at radius 1 is 1.00 bits per heavy atom. The second-order valence-electron chi connectivity index (χ2n) is 7.79. The highest BCUT2D eigenvalue weighted by molar-refractivity contribution is 4.93. The summed E-state index contributed by atoms with van der Waals surface area (Å²) in [6.45, 7) is 8.28. The van der Waals surface area contributed by atoms with Gasteiger partial charge in [-0.25, -0.2) is 0 Å². The number of nitrogens with one attached hydrogen (secondary N) is 1. The number of hydrogen-bond donors (Lipinski definition) is 1. The van der Waals surface area contributed by atoms with Crippen LogP contribution >= 0.6 is 0 Å². The van der Waals surface area contributed by atoms with Crippen LogP contribution in [-0.2, 0) is 0 Å². The van der Waals surface area contributed by atoms with Crippen LogP contribution in [0.15, 0.2) is 0 Å². The lowest BCUT2D eigenvalue weighted by molar-refractivity contribution is 0.0603. The first-order valence-electron chi connectivity index (χ1n) is 9.60. The minimum Gasteiger partial charge on any atom is -0.312 e. The minimum atomic E-state index is 0.733. The molecule has 2 saturated carbocycles. The quantitative estimate of drug-likeness (QED) is 0.779. The van der Waals surface area contributed by atoms with Crippen molar-refractivity contribution < 1.29 is 0 Å². The van der Waals surface area contributed by atoms with Crippen LogP contribution in [-0.4, -0.2) is 36.6 Å². The Labute approximate surface area is 133 Å². The molecule has 0 amide bonds. The fourth-order valence-electron chi connectivity index (χ4n) is 4.54. The second-order valence-corrected chi connectivity index (χ2v) is 7.79. The van der Waals surface area contributed by atoms with Crippen molar-refractivity contribution >= 4 is 0 Å². The minimum absolute atomic E-state index is 0.733. The molecule has 3 unspecified atom stereocenters. The first-order chi connectivity index (χ1) is 10.2. The smallest absolute Gasteiger partial charge is 0.0251 e. The Morgan fingerprint density at radius 2 is 1.71 bits per heavy atom. The van der Waals surface area contributed by atoms with Crippen molar-refractivity contribution in [2.75, 3.05) is 13.6 Å². The molecule has 0 bridgehead atoms. The molecule has 3 atom stereocenters. The van der Waals surface area contributed by atoms with E-state index in [4.69, 9.17) is 0 Å². The summed E-state index contributed by atoms with van der Waals surface area (Å²) in [6, 6.07) is 2.35. The van der Waals surface area contributed by atoms with Gasteiger partial charge in [0.1, 0.15) is 0 Å². The molecule has 2 rings (SSSR count). The summed E-state index contributed by atoms with van der Waals surface area (Å²) in [7, 11) is 2.42. The van der Waals surface area contributed by atoms with Gasteiger partial charge in [0.2, 0.25) is 0 Å². The lowest BCUT2D eigenvalue weighted by atomic mass is 9.78. The molecular formula is C19H38N2. The molecule has 0 radical (unpaired) electrons. The van der Waals surface area contributed by atoms with Crippen LogP contribution in [0.2, 0.25) is 0 Å². The fourth-order valence-corrected chi connectivity index (χ4v) is 4.54. The number of rotatable bonds is 6. The highest BCUT2D eigenvalue weighted by Crippen LogP contribution is 2.34. The summed E-state index contributed by atoms with van der Waals surface area (Å²) in [5.74, 6) is 1.91. The van der Waals surface area contributed by atoms with E-state index in [0.29, 0.717) is 0 Å². The Morgan fingerprint density at radius 3 is 2.33 bits per heavy atom. The highest BCUT2D eigenvalue weighted by Gasteiger charge is 2.35. The summed E-state index contributed by atoms with van der Waals surface area (Å²) >= 11 is 0. The van der Waals surface area contributed by atoms with Crippen molar-refractivity contribution in [3.63, 3.8) is 0 Å². The van der Waals surface area contributed by atoms with Crippen molar-refractivity contribution in [1.29, 1.82) is 0 Å². The summed E-state index contributed by atoms with van der Waals surface area (Å²) < 4.78 is 0. The second kappa shape index (κ2) is 8.53. The Kier molecular flexibility index (Phi) is 7.01. The molecule has 2 heteroatoms. The first kappa shape index (κ1) is 17.3. The lowest BCUT2D eigenvalue weighted by Crippen LogP contribution is -2.55. The van der Waals surface area contributed by atoms with E-state index in [-0.39, 0.29) is 0 Å². The summed E-state index contributed by atoms with van der Waals surface area (Å²) in [5.41, 5.74) is 0. The molecule has 0 saturated heterocycles. The van der Waals surface area contributed by atoms with Crippen LogP contribution in [0.4, 0.5) is 0 Å². The lowest BCUT2D eigenvalue weighted by Gasteiger charge is -2.46. The Hall–Kier alpha value is -0.0800. The van der Waals surface area contributed by atoms with Gasteiger partial charge < -0.3 is 5.32 Å². The van der Waals surface area contributed by atoms with E-state index >= 15 is 0 Å². The largest absolute Gasteiger partial charge is 0.312 e. The maximum atomic E-state index is 3.85. The van der Waals surface area contributed by atoms with E-state index in [1.807, 2.05) is 0 Å². The molecule has 124 valence electrons. The van der Waals surface area contributed by atoms with Gasteiger partial charge in [0, 0.05) is 18.1 Å². The van der Waals surface area contributed by atoms with E-state index in [9.17, 15) is 0 Å². The van der Waals surface area contributed by atoms with Crippen LogP contribution in [0.1, 0.15) is 78.6 Å². The summed E-state index contributed by atoms with van der Waals surface area (Å²) in [5, 5.41) is 3.85. The SMILES string of the molecule is CCCNC1CCC(CC)CC1N(C)C1CCC(C)CC1. The van der Waals surface area contributed by atoms with Crippen LogP contribution in [0.3, 0.4) is 0 Å². The maximum Gasteiger partial charge on any atom is 0.0251 e. The van der Waals surface area contributed by atoms with Gasteiger partial charge >= 0.3 is 0 Å². The molecule has 21 heavy (non-hydrogen) atoms. The maximum absolute atomic E-state index is 3.85. The van der Waals surface area contributed by atoms with Crippen molar-refractivity contribution in [3.8, 4) is 0 Å². The van der Waals surface area contributed by atoms with Crippen molar-refractivity contribution in [2.45, 2.75) is 96.7 Å². The average Bonchev–Trinajstić information content (AvgIpc) is 2.53. The van der Waals surface area contributed by atoms with Crippen molar-refractivity contribution in [1.82, 2.24) is 10.2 Å². The third-order valence-corrected chi connectivity index (χ3v) is 6.24. The number of likely N-dealkylation sites (N-methyl/N-ethyl adjacent to an activating group) is 1. The van der Waals surface area contributed by atoms with Crippen molar-refractivity contribution in [3.05, 3.63) is 0 Å². The van der Waals surface area contributed by atoms with Crippen LogP contribution < -0.4 is 5.32 Å². The third kappa shape index (κ3) is 4.69. The molecule has 2 aliphatic carbocycles. The van der Waals surface area contributed by atoms with Gasteiger partial charge in [0.15, 0.2) is 0 Å². The molecule has 0 aromatic rings. The molecule has 0 aromatic carbocycles. The molecule has 0 heterocycles. The van der Waals surface area contributed by atoms with E-state index < -0.39 is 0 Å². The van der Waals surface area contributed by atoms with Crippen molar-refractivity contribution in [2.24, 2.45) is 11.8 Å². The Balaban J connectivity index is 1.96. The van der Waals surface area contributed by atoms with E-state index in [1.54, 1.807) is 0 Å². The van der Waals surface area contributed by atoms with Crippen LogP contribution in [0.25, 0.3) is 0 Å². The zero-order chi connectivity index (χ0) is 15.2. The number of hydrogen-bond acceptors (Lipinski definition) is 2. The van der Waals surface area contributed by atoms with Crippen LogP contribution in [0, 0.1) is 11.8 Å². The normalized spacial score (nSPS) is 37.9. The highest BCUT2D eigenvalue weighted by atomic mass is 15.2. The molecule has 0 spiro atoms. The molecular weight excluding hydrogens is 256 g/mol. The van der Waals surface area contributed by atoms with Gasteiger partial charge in [-0.05, 0) is 76.8 Å². The zero-order valence-electron chi connectivity index (χ0n) is 14.9. The fraction of sp³-hybridized carbons (Fsp3) is 1.00. The van der Waals surface area contributed by atoms with Gasteiger partial charge in [-0.1, -0.05) is 27.2 Å². The zero-order valence-corrected chi connectivity index (χ0v) is 14.9. The predicted molar refractivity (Wildman–Crippen MR) is 92.7 cm³/mol.